The molecule has 1 aliphatic heterocycles. The average molecular weight is 429 g/mol. The van der Waals surface area contributed by atoms with E-state index in [0.29, 0.717) is 41.5 Å². The van der Waals surface area contributed by atoms with E-state index in [1.54, 1.807) is 35.2 Å². The number of benzene rings is 2. The van der Waals surface area contributed by atoms with Crippen LogP contribution in [-0.2, 0) is 11.3 Å². The molecule has 3 N–H and O–H groups in total. The lowest BCUT2D eigenvalue weighted by Gasteiger charge is -2.20. The predicted octanol–water partition coefficient (Wildman–Crippen LogP) is 3.93. The van der Waals surface area contributed by atoms with Gasteiger partial charge in [0.2, 0.25) is 5.91 Å². The summed E-state index contributed by atoms with van der Waals surface area (Å²) in [6, 6.07) is 11.9. The Morgan fingerprint density at radius 3 is 2.50 bits per heavy atom. The summed E-state index contributed by atoms with van der Waals surface area (Å²) >= 11 is 6.10. The molecule has 0 saturated carbocycles. The van der Waals surface area contributed by atoms with Crippen LogP contribution in [0.1, 0.15) is 42.6 Å². The van der Waals surface area contributed by atoms with Gasteiger partial charge in [-0.1, -0.05) is 23.7 Å². The highest BCUT2D eigenvalue weighted by molar-refractivity contribution is 6.31. The van der Waals surface area contributed by atoms with Crippen LogP contribution < -0.4 is 20.9 Å². The van der Waals surface area contributed by atoms with Crippen LogP contribution >= 0.6 is 11.6 Å². The molecule has 2 aromatic rings. The van der Waals surface area contributed by atoms with E-state index in [-0.39, 0.29) is 23.9 Å². The third-order valence-corrected chi connectivity index (χ3v) is 4.89. The molecule has 8 heteroatoms. The van der Waals surface area contributed by atoms with Crippen molar-refractivity contribution in [2.75, 3.05) is 16.8 Å². The molecule has 1 fully saturated rings. The standard InChI is InChI=1S/C22H25ClN4O3/c1-14(2)25-22(30)26-17-8-5-15(6-9-17)13-24-21(29)18-10-7-16(23)12-19(18)27-11-3-4-20(27)28/h5-10,12,14H,3-4,11,13H2,1-2H3,(H,24,29)(H2,25,26,30). The van der Waals surface area contributed by atoms with E-state index >= 15 is 0 Å². The Morgan fingerprint density at radius 1 is 1.13 bits per heavy atom. The molecule has 0 spiro atoms. The number of urea groups is 1. The summed E-state index contributed by atoms with van der Waals surface area (Å²) in [6.07, 6.45) is 1.24. The van der Waals surface area contributed by atoms with Crippen LogP contribution in [0.3, 0.4) is 0 Å². The van der Waals surface area contributed by atoms with Gasteiger partial charge in [-0.2, -0.15) is 0 Å². The monoisotopic (exact) mass is 428 g/mol. The summed E-state index contributed by atoms with van der Waals surface area (Å²) in [5, 5.41) is 8.86. The highest BCUT2D eigenvalue weighted by Crippen LogP contribution is 2.28. The zero-order valence-electron chi connectivity index (χ0n) is 17.0. The molecule has 30 heavy (non-hydrogen) atoms. The van der Waals surface area contributed by atoms with Gasteiger partial charge in [0, 0.05) is 36.3 Å². The summed E-state index contributed by atoms with van der Waals surface area (Å²) in [6.45, 7) is 4.67. The van der Waals surface area contributed by atoms with Crippen molar-refractivity contribution in [2.45, 2.75) is 39.3 Å². The molecule has 0 unspecified atom stereocenters. The molecule has 2 aromatic carbocycles. The summed E-state index contributed by atoms with van der Waals surface area (Å²) in [5.74, 6) is -0.282. The van der Waals surface area contributed by atoms with Gasteiger partial charge in [0.15, 0.2) is 0 Å². The molecule has 0 aliphatic carbocycles. The summed E-state index contributed by atoms with van der Waals surface area (Å²) in [4.78, 5) is 38.3. The maximum atomic E-state index is 12.8. The first-order chi connectivity index (χ1) is 14.3. The minimum Gasteiger partial charge on any atom is -0.348 e. The molecule has 0 bridgehead atoms. The first-order valence-corrected chi connectivity index (χ1v) is 10.3. The van der Waals surface area contributed by atoms with Gasteiger partial charge < -0.3 is 20.9 Å². The fourth-order valence-corrected chi connectivity index (χ4v) is 3.40. The zero-order valence-corrected chi connectivity index (χ0v) is 17.8. The number of amides is 4. The van der Waals surface area contributed by atoms with E-state index < -0.39 is 0 Å². The molecule has 158 valence electrons. The smallest absolute Gasteiger partial charge is 0.319 e. The first-order valence-electron chi connectivity index (χ1n) is 9.88. The molecule has 7 nitrogen and oxygen atoms in total. The van der Waals surface area contributed by atoms with E-state index in [0.717, 1.165) is 12.0 Å². The third kappa shape index (κ3) is 5.51. The van der Waals surface area contributed by atoms with Crippen molar-refractivity contribution in [3.8, 4) is 0 Å². The summed E-state index contributed by atoms with van der Waals surface area (Å²) in [7, 11) is 0. The predicted molar refractivity (Wildman–Crippen MR) is 118 cm³/mol. The molecule has 1 aliphatic rings. The largest absolute Gasteiger partial charge is 0.348 e. The molecule has 1 saturated heterocycles. The number of hydrogen-bond acceptors (Lipinski definition) is 3. The molecular weight excluding hydrogens is 404 g/mol. The Balaban J connectivity index is 1.63. The summed E-state index contributed by atoms with van der Waals surface area (Å²) in [5.41, 5.74) is 2.50. The molecule has 3 rings (SSSR count). The Morgan fingerprint density at radius 2 is 1.87 bits per heavy atom. The maximum Gasteiger partial charge on any atom is 0.319 e. The number of nitrogens with one attached hydrogen (secondary N) is 3. The second-order valence-electron chi connectivity index (χ2n) is 7.44. The van der Waals surface area contributed by atoms with Crippen molar-refractivity contribution in [3.05, 3.63) is 58.6 Å². The number of carbonyl (C=O) groups is 3. The lowest BCUT2D eigenvalue weighted by molar-refractivity contribution is -0.117. The van der Waals surface area contributed by atoms with E-state index in [9.17, 15) is 14.4 Å². The second-order valence-corrected chi connectivity index (χ2v) is 7.88. The lowest BCUT2D eigenvalue weighted by Crippen LogP contribution is -2.34. The van der Waals surface area contributed by atoms with Crippen molar-refractivity contribution < 1.29 is 14.4 Å². The molecule has 4 amide bonds. The molecule has 0 radical (unpaired) electrons. The van der Waals surface area contributed by atoms with Gasteiger partial charge in [-0.05, 0) is 56.2 Å². The van der Waals surface area contributed by atoms with Crippen LogP contribution in [0.4, 0.5) is 16.2 Å². The highest BCUT2D eigenvalue weighted by atomic mass is 35.5. The van der Waals surface area contributed by atoms with Crippen molar-refractivity contribution >= 4 is 40.8 Å². The average Bonchev–Trinajstić information content (AvgIpc) is 3.12. The Bertz CT molecular complexity index is 944. The highest BCUT2D eigenvalue weighted by Gasteiger charge is 2.26. The Kier molecular flexibility index (Phi) is 6.95. The quantitative estimate of drug-likeness (QED) is 0.651. The van der Waals surface area contributed by atoms with E-state index in [1.807, 2.05) is 26.0 Å². The van der Waals surface area contributed by atoms with Crippen LogP contribution in [0, 0.1) is 0 Å². The maximum absolute atomic E-state index is 12.8. The second kappa shape index (κ2) is 9.63. The minimum absolute atomic E-state index is 0.00379. The Labute approximate surface area is 180 Å². The van der Waals surface area contributed by atoms with Crippen LogP contribution in [0.5, 0.6) is 0 Å². The number of rotatable bonds is 6. The molecular formula is C22H25ClN4O3. The Hall–Kier alpha value is -3.06. The third-order valence-electron chi connectivity index (χ3n) is 4.65. The normalized spacial score (nSPS) is 13.5. The van der Waals surface area contributed by atoms with Gasteiger partial charge in [0.1, 0.15) is 0 Å². The lowest BCUT2D eigenvalue weighted by atomic mass is 10.1. The van der Waals surface area contributed by atoms with E-state index in [1.165, 1.54) is 0 Å². The van der Waals surface area contributed by atoms with Crippen molar-refractivity contribution in [1.29, 1.82) is 0 Å². The van der Waals surface area contributed by atoms with Crippen LogP contribution in [-0.4, -0.2) is 30.4 Å². The van der Waals surface area contributed by atoms with Gasteiger partial charge in [-0.25, -0.2) is 4.79 Å². The van der Waals surface area contributed by atoms with Crippen LogP contribution in [0.15, 0.2) is 42.5 Å². The van der Waals surface area contributed by atoms with Gasteiger partial charge in [-0.15, -0.1) is 0 Å². The van der Waals surface area contributed by atoms with E-state index in [2.05, 4.69) is 16.0 Å². The topological polar surface area (TPSA) is 90.5 Å². The van der Waals surface area contributed by atoms with Crippen LogP contribution in [0.25, 0.3) is 0 Å². The van der Waals surface area contributed by atoms with Gasteiger partial charge in [0.25, 0.3) is 5.91 Å². The zero-order chi connectivity index (χ0) is 21.7. The van der Waals surface area contributed by atoms with Gasteiger partial charge in [0.05, 0.1) is 11.3 Å². The summed E-state index contributed by atoms with van der Waals surface area (Å²) < 4.78 is 0. The van der Waals surface area contributed by atoms with Gasteiger partial charge >= 0.3 is 6.03 Å². The molecule has 0 aromatic heterocycles. The van der Waals surface area contributed by atoms with Crippen molar-refractivity contribution in [1.82, 2.24) is 10.6 Å². The minimum atomic E-state index is -0.278. The number of hydrogen-bond donors (Lipinski definition) is 3. The van der Waals surface area contributed by atoms with Gasteiger partial charge in [-0.3, -0.25) is 9.59 Å². The SMILES string of the molecule is CC(C)NC(=O)Nc1ccc(CNC(=O)c2ccc(Cl)cc2N2CCCC2=O)cc1. The molecule has 0 atom stereocenters. The fraction of sp³-hybridized carbons (Fsp3) is 0.318. The number of carbonyl (C=O) groups excluding carboxylic acids is 3. The van der Waals surface area contributed by atoms with Crippen LogP contribution in [0.2, 0.25) is 5.02 Å². The van der Waals surface area contributed by atoms with Crippen molar-refractivity contribution in [2.24, 2.45) is 0 Å². The fourth-order valence-electron chi connectivity index (χ4n) is 3.24. The number of nitrogens with zero attached hydrogens (tertiary/aromatic N) is 1. The molecule has 1 heterocycles. The number of anilines is 2. The first kappa shape index (κ1) is 21.6. The number of halogens is 1. The van der Waals surface area contributed by atoms with Crippen molar-refractivity contribution in [3.63, 3.8) is 0 Å². The van der Waals surface area contributed by atoms with E-state index in [4.69, 9.17) is 11.6 Å².